The Balaban J connectivity index is 2.70. The predicted molar refractivity (Wildman–Crippen MR) is 85.7 cm³/mol. The van der Waals surface area contributed by atoms with Gasteiger partial charge in [-0.15, -0.1) is 0 Å². The van der Waals surface area contributed by atoms with Gasteiger partial charge in [-0.2, -0.15) is 0 Å². The number of hydrogen-bond acceptors (Lipinski definition) is 6. The number of rotatable bonds is 5. The van der Waals surface area contributed by atoms with E-state index in [0.717, 1.165) is 11.1 Å². The molecule has 2 rings (SSSR count). The van der Waals surface area contributed by atoms with Crippen LogP contribution < -0.4 is 5.32 Å². The van der Waals surface area contributed by atoms with E-state index in [0.29, 0.717) is 18.0 Å². The second-order valence-corrected chi connectivity index (χ2v) is 4.89. The van der Waals surface area contributed by atoms with Gasteiger partial charge >= 0.3 is 11.9 Å². The first kappa shape index (κ1) is 16.6. The number of aryl methyl sites for hydroxylation is 1. The summed E-state index contributed by atoms with van der Waals surface area (Å²) in [4.78, 5) is 24.1. The third-order valence-electron chi connectivity index (χ3n) is 3.34. The van der Waals surface area contributed by atoms with Crippen molar-refractivity contribution < 1.29 is 23.5 Å². The van der Waals surface area contributed by atoms with Crippen molar-refractivity contribution in [2.45, 2.75) is 13.8 Å². The molecule has 0 aliphatic carbocycles. The summed E-state index contributed by atoms with van der Waals surface area (Å²) < 4.78 is 15.1. The monoisotopic (exact) mass is 317 g/mol. The highest BCUT2D eigenvalue weighted by molar-refractivity contribution is 6.08. The molecule has 1 N–H and O–H groups in total. The third kappa shape index (κ3) is 3.21. The van der Waals surface area contributed by atoms with Crippen LogP contribution >= 0.6 is 0 Å². The van der Waals surface area contributed by atoms with Gasteiger partial charge in [-0.25, -0.2) is 9.59 Å². The van der Waals surface area contributed by atoms with Gasteiger partial charge in [-0.3, -0.25) is 0 Å². The Morgan fingerprint density at radius 2 is 1.70 bits per heavy atom. The van der Waals surface area contributed by atoms with E-state index >= 15 is 0 Å². The van der Waals surface area contributed by atoms with Crippen molar-refractivity contribution in [2.24, 2.45) is 0 Å². The van der Waals surface area contributed by atoms with Gasteiger partial charge in [0.15, 0.2) is 5.76 Å². The van der Waals surface area contributed by atoms with Crippen molar-refractivity contribution in [1.82, 2.24) is 0 Å². The molecule has 0 radical (unpaired) electrons. The first-order chi connectivity index (χ1) is 11.0. The standard InChI is InChI=1S/C17H19NO5/c1-5-18-13-12(16(19)21-3)15(17(20)22-4)23-14(13)11-8-6-10(2)7-9-11/h6-9,18H,5H2,1-4H3. The normalized spacial score (nSPS) is 10.3. The minimum Gasteiger partial charge on any atom is -0.465 e. The van der Waals surface area contributed by atoms with Crippen LogP contribution in [0.25, 0.3) is 11.3 Å². The quantitative estimate of drug-likeness (QED) is 0.853. The Labute approximate surface area is 134 Å². The van der Waals surface area contributed by atoms with E-state index in [4.69, 9.17) is 13.9 Å². The van der Waals surface area contributed by atoms with Crippen LogP contribution in [0.2, 0.25) is 0 Å². The third-order valence-corrected chi connectivity index (χ3v) is 3.34. The Morgan fingerprint density at radius 3 is 2.22 bits per heavy atom. The van der Waals surface area contributed by atoms with Gasteiger partial charge in [0.1, 0.15) is 5.56 Å². The molecule has 0 amide bonds. The Hall–Kier alpha value is -2.76. The summed E-state index contributed by atoms with van der Waals surface area (Å²) in [5, 5.41) is 3.07. The number of esters is 2. The molecule has 0 saturated carbocycles. The van der Waals surface area contributed by atoms with E-state index in [1.54, 1.807) is 0 Å². The molecule has 0 aliphatic rings. The van der Waals surface area contributed by atoms with E-state index in [2.05, 4.69) is 5.32 Å². The molecule has 0 unspecified atom stereocenters. The van der Waals surface area contributed by atoms with Crippen molar-refractivity contribution >= 4 is 17.6 Å². The van der Waals surface area contributed by atoms with E-state index in [1.165, 1.54) is 14.2 Å². The fourth-order valence-corrected chi connectivity index (χ4v) is 2.22. The van der Waals surface area contributed by atoms with Crippen LogP contribution in [0.5, 0.6) is 0 Å². The van der Waals surface area contributed by atoms with E-state index in [1.807, 2.05) is 38.1 Å². The number of anilines is 1. The number of furan rings is 1. The number of nitrogens with one attached hydrogen (secondary N) is 1. The topological polar surface area (TPSA) is 77.8 Å². The van der Waals surface area contributed by atoms with Gasteiger partial charge in [-0.1, -0.05) is 29.8 Å². The minimum atomic E-state index is -0.733. The molecule has 6 nitrogen and oxygen atoms in total. The van der Waals surface area contributed by atoms with Crippen molar-refractivity contribution in [2.75, 3.05) is 26.1 Å². The number of ether oxygens (including phenoxy) is 2. The Morgan fingerprint density at radius 1 is 1.09 bits per heavy atom. The summed E-state index contributed by atoms with van der Waals surface area (Å²) in [6.45, 7) is 4.39. The highest BCUT2D eigenvalue weighted by atomic mass is 16.5. The first-order valence-corrected chi connectivity index (χ1v) is 7.17. The van der Waals surface area contributed by atoms with Gasteiger partial charge in [-0.05, 0) is 13.8 Å². The maximum Gasteiger partial charge on any atom is 0.374 e. The first-order valence-electron chi connectivity index (χ1n) is 7.17. The maximum atomic E-state index is 12.1. The Bertz CT molecular complexity index is 715. The summed E-state index contributed by atoms with van der Waals surface area (Å²) in [6.07, 6.45) is 0. The molecule has 0 saturated heterocycles. The number of methoxy groups -OCH3 is 2. The highest BCUT2D eigenvalue weighted by Gasteiger charge is 2.31. The molecule has 0 bridgehead atoms. The zero-order valence-corrected chi connectivity index (χ0v) is 13.6. The van der Waals surface area contributed by atoms with E-state index < -0.39 is 11.9 Å². The molecule has 0 atom stereocenters. The maximum absolute atomic E-state index is 12.1. The zero-order chi connectivity index (χ0) is 17.0. The van der Waals surface area contributed by atoms with Crippen LogP contribution in [0.1, 0.15) is 33.4 Å². The van der Waals surface area contributed by atoms with Crippen LogP contribution in [0.4, 0.5) is 5.69 Å². The molecule has 23 heavy (non-hydrogen) atoms. The van der Waals surface area contributed by atoms with Gasteiger partial charge in [0.05, 0.1) is 19.9 Å². The van der Waals surface area contributed by atoms with E-state index in [9.17, 15) is 9.59 Å². The molecule has 122 valence electrons. The molecular weight excluding hydrogens is 298 g/mol. The molecule has 2 aromatic rings. The summed E-state index contributed by atoms with van der Waals surface area (Å²) in [7, 11) is 2.47. The van der Waals surface area contributed by atoms with Crippen molar-refractivity contribution in [1.29, 1.82) is 0 Å². The fourth-order valence-electron chi connectivity index (χ4n) is 2.22. The highest BCUT2D eigenvalue weighted by Crippen LogP contribution is 2.37. The predicted octanol–water partition coefficient (Wildman–Crippen LogP) is 3.26. The van der Waals surface area contributed by atoms with Crippen LogP contribution in [0.15, 0.2) is 28.7 Å². The van der Waals surface area contributed by atoms with Gasteiger partial charge in [0.2, 0.25) is 5.76 Å². The largest absolute Gasteiger partial charge is 0.465 e. The molecule has 1 heterocycles. The lowest BCUT2D eigenvalue weighted by Crippen LogP contribution is -2.12. The molecule has 6 heteroatoms. The second-order valence-electron chi connectivity index (χ2n) is 4.89. The summed E-state index contributed by atoms with van der Waals surface area (Å²) >= 11 is 0. The van der Waals surface area contributed by atoms with Gasteiger partial charge < -0.3 is 19.2 Å². The van der Waals surface area contributed by atoms with Crippen molar-refractivity contribution in [3.8, 4) is 11.3 Å². The van der Waals surface area contributed by atoms with Gasteiger partial charge in [0.25, 0.3) is 0 Å². The lowest BCUT2D eigenvalue weighted by molar-refractivity contribution is 0.0529. The summed E-state index contributed by atoms with van der Waals surface area (Å²) in [6, 6.07) is 7.56. The van der Waals surface area contributed by atoms with E-state index in [-0.39, 0.29) is 11.3 Å². The number of hydrogen-bond donors (Lipinski definition) is 1. The fraction of sp³-hybridized carbons (Fsp3) is 0.294. The lowest BCUT2D eigenvalue weighted by Gasteiger charge is -2.06. The molecule has 0 spiro atoms. The average Bonchev–Trinajstić information content (AvgIpc) is 2.94. The molecule has 0 fully saturated rings. The Kier molecular flexibility index (Phi) is 5.05. The summed E-state index contributed by atoms with van der Waals surface area (Å²) in [5.74, 6) is -1.18. The van der Waals surface area contributed by atoms with Gasteiger partial charge in [0, 0.05) is 12.1 Å². The van der Waals surface area contributed by atoms with Crippen molar-refractivity contribution in [3.63, 3.8) is 0 Å². The average molecular weight is 317 g/mol. The molecule has 0 aliphatic heterocycles. The summed E-state index contributed by atoms with van der Waals surface area (Å²) in [5.41, 5.74) is 2.29. The zero-order valence-electron chi connectivity index (χ0n) is 13.6. The number of benzene rings is 1. The second kappa shape index (κ2) is 7.00. The number of carbonyl (C=O) groups is 2. The smallest absolute Gasteiger partial charge is 0.374 e. The van der Waals surface area contributed by atoms with Crippen LogP contribution in [0.3, 0.4) is 0 Å². The minimum absolute atomic E-state index is 0.0387. The van der Waals surface area contributed by atoms with Crippen LogP contribution in [0, 0.1) is 6.92 Å². The molecule has 1 aromatic heterocycles. The molecular formula is C17H19NO5. The molecule has 1 aromatic carbocycles. The van der Waals surface area contributed by atoms with Crippen LogP contribution in [-0.2, 0) is 9.47 Å². The SMILES string of the molecule is CCNc1c(-c2ccc(C)cc2)oc(C(=O)OC)c1C(=O)OC. The number of carbonyl (C=O) groups excluding carboxylic acids is 2. The lowest BCUT2D eigenvalue weighted by atomic mass is 10.1. The van der Waals surface area contributed by atoms with Crippen molar-refractivity contribution in [3.05, 3.63) is 41.2 Å². The van der Waals surface area contributed by atoms with Crippen LogP contribution in [-0.4, -0.2) is 32.7 Å².